The van der Waals surface area contributed by atoms with Gasteiger partial charge in [0.2, 0.25) is 5.12 Å². The topological polar surface area (TPSA) is 57.6 Å². The van der Waals surface area contributed by atoms with Crippen LogP contribution in [0, 0.1) is 0 Å². The van der Waals surface area contributed by atoms with Crippen LogP contribution in [0.2, 0.25) is 0 Å². The molecule has 12 heavy (non-hydrogen) atoms. The highest BCUT2D eigenvalue weighted by molar-refractivity contribution is 8.16. The van der Waals surface area contributed by atoms with Crippen molar-refractivity contribution in [3.63, 3.8) is 0 Å². The molecule has 2 heterocycles. The van der Waals surface area contributed by atoms with E-state index < -0.39 is 5.97 Å². The molecule has 4 nitrogen and oxygen atoms in total. The minimum Gasteiger partial charge on any atom is -0.477 e. The van der Waals surface area contributed by atoms with Gasteiger partial charge in [-0.2, -0.15) is 0 Å². The average Bonchev–Trinajstić information content (AvgIpc) is 1.92. The normalized spacial score (nSPS) is 27.3. The highest BCUT2D eigenvalue weighted by Gasteiger charge is 2.40. The summed E-state index contributed by atoms with van der Waals surface area (Å²) in [5.41, 5.74) is 0.260. The van der Waals surface area contributed by atoms with E-state index in [4.69, 9.17) is 5.11 Å². The van der Waals surface area contributed by atoms with Gasteiger partial charge in [-0.3, -0.25) is 4.79 Å². The van der Waals surface area contributed by atoms with Gasteiger partial charge in [0.1, 0.15) is 11.7 Å². The van der Waals surface area contributed by atoms with Crippen LogP contribution in [0.3, 0.4) is 0 Å². The summed E-state index contributed by atoms with van der Waals surface area (Å²) in [6.45, 7) is 0.690. The smallest absolute Gasteiger partial charge is 0.352 e. The number of nitrogens with zero attached hydrogens (tertiary/aromatic N) is 1. The number of aliphatic carboxylic acids is 1. The summed E-state index contributed by atoms with van der Waals surface area (Å²) >= 11 is 0.994. The van der Waals surface area contributed by atoms with E-state index in [2.05, 4.69) is 0 Å². The predicted molar refractivity (Wildman–Crippen MR) is 43.4 cm³/mol. The van der Waals surface area contributed by atoms with Gasteiger partial charge >= 0.3 is 5.97 Å². The van der Waals surface area contributed by atoms with Crippen LogP contribution in [0.15, 0.2) is 11.1 Å². The summed E-state index contributed by atoms with van der Waals surface area (Å²) < 4.78 is 0. The molecule has 0 radical (unpaired) electrons. The lowest BCUT2D eigenvalue weighted by Crippen LogP contribution is -2.53. The van der Waals surface area contributed by atoms with Gasteiger partial charge in [-0.25, -0.2) is 4.79 Å². The Morgan fingerprint density at radius 3 is 3.00 bits per heavy atom. The van der Waals surface area contributed by atoms with Gasteiger partial charge in [0.25, 0.3) is 0 Å². The van der Waals surface area contributed by atoms with Crippen molar-refractivity contribution in [1.82, 2.24) is 4.90 Å². The third-order valence-electron chi connectivity index (χ3n) is 2.11. The van der Waals surface area contributed by atoms with Crippen LogP contribution in [-0.4, -0.2) is 33.7 Å². The molecule has 1 saturated heterocycles. The fourth-order valence-electron chi connectivity index (χ4n) is 1.35. The Morgan fingerprint density at radius 1 is 1.75 bits per heavy atom. The minimum atomic E-state index is -0.945. The van der Waals surface area contributed by atoms with Crippen molar-refractivity contribution < 1.29 is 14.7 Å². The number of hydrogen-bond donors (Lipinski definition) is 1. The lowest BCUT2D eigenvalue weighted by Gasteiger charge is -2.43. The van der Waals surface area contributed by atoms with Crippen LogP contribution >= 0.6 is 11.8 Å². The lowest BCUT2D eigenvalue weighted by atomic mass is 10.0. The predicted octanol–water partition coefficient (Wildman–Crippen LogP) is 0.260. The molecule has 2 aliphatic heterocycles. The van der Waals surface area contributed by atoms with Gasteiger partial charge in [-0.1, -0.05) is 11.8 Å². The average molecular weight is 185 g/mol. The molecule has 1 unspecified atom stereocenters. The van der Waals surface area contributed by atoms with E-state index in [0.29, 0.717) is 6.54 Å². The zero-order valence-electron chi connectivity index (χ0n) is 6.19. The number of fused-ring (bicyclic) bond motifs is 1. The first-order valence-electron chi connectivity index (χ1n) is 3.61. The van der Waals surface area contributed by atoms with Crippen molar-refractivity contribution in [2.45, 2.75) is 12.5 Å². The fraction of sp³-hybridized carbons (Fsp3) is 0.429. The number of hydrogen-bond acceptors (Lipinski definition) is 4. The van der Waals surface area contributed by atoms with Gasteiger partial charge in [0, 0.05) is 12.0 Å². The summed E-state index contributed by atoms with van der Waals surface area (Å²) in [5, 5.41) is 10.2. The van der Waals surface area contributed by atoms with E-state index >= 15 is 0 Å². The zero-order valence-corrected chi connectivity index (χ0v) is 7.00. The van der Waals surface area contributed by atoms with Crippen LogP contribution in [0.1, 0.15) is 6.42 Å². The maximum absolute atomic E-state index is 11.1. The second-order valence-electron chi connectivity index (χ2n) is 2.74. The highest BCUT2D eigenvalue weighted by atomic mass is 32.2. The van der Waals surface area contributed by atoms with Crippen LogP contribution in [0.5, 0.6) is 0 Å². The molecule has 64 valence electrons. The quantitative estimate of drug-likeness (QED) is 0.635. The molecule has 0 aliphatic carbocycles. The Labute approximate surface area is 73.2 Å². The summed E-state index contributed by atoms with van der Waals surface area (Å²) in [4.78, 5) is 23.4. The Morgan fingerprint density at radius 2 is 2.50 bits per heavy atom. The van der Waals surface area contributed by atoms with Crippen molar-refractivity contribution in [2.75, 3.05) is 6.54 Å². The van der Waals surface area contributed by atoms with Crippen molar-refractivity contribution in [3.8, 4) is 0 Å². The molecule has 1 fully saturated rings. The third kappa shape index (κ3) is 0.929. The lowest BCUT2D eigenvalue weighted by molar-refractivity contribution is -0.136. The molecule has 1 N–H and O–H groups in total. The maximum Gasteiger partial charge on any atom is 0.352 e. The van der Waals surface area contributed by atoms with E-state index in [1.807, 2.05) is 0 Å². The monoisotopic (exact) mass is 185 g/mol. The Hall–Kier alpha value is -0.970. The van der Waals surface area contributed by atoms with Crippen LogP contribution in [0.25, 0.3) is 0 Å². The summed E-state index contributed by atoms with van der Waals surface area (Å²) in [6.07, 6.45) is 0.788. The molecule has 0 bridgehead atoms. The molecule has 5 heteroatoms. The van der Waals surface area contributed by atoms with E-state index in [1.54, 1.807) is 4.90 Å². The minimum absolute atomic E-state index is 0.0613. The van der Waals surface area contributed by atoms with Gasteiger partial charge in [-0.05, 0) is 6.42 Å². The Balaban J connectivity index is 2.26. The first-order chi connectivity index (χ1) is 5.70. The summed E-state index contributed by atoms with van der Waals surface area (Å²) in [6, 6.07) is -0.175. The van der Waals surface area contributed by atoms with Crippen LogP contribution < -0.4 is 0 Å². The van der Waals surface area contributed by atoms with Crippen LogP contribution in [-0.2, 0) is 9.59 Å². The van der Waals surface area contributed by atoms with E-state index in [1.165, 1.54) is 5.41 Å². The van der Waals surface area contributed by atoms with E-state index in [-0.39, 0.29) is 16.9 Å². The molecule has 0 aromatic heterocycles. The summed E-state index contributed by atoms with van der Waals surface area (Å²) in [7, 11) is 0. The first-order valence-corrected chi connectivity index (χ1v) is 4.48. The largest absolute Gasteiger partial charge is 0.477 e. The second kappa shape index (κ2) is 2.52. The number of thioether (sulfide) groups is 1. The molecule has 1 atom stereocenters. The Kier molecular flexibility index (Phi) is 1.61. The summed E-state index contributed by atoms with van der Waals surface area (Å²) in [5.74, 6) is -0.945. The van der Waals surface area contributed by atoms with E-state index in [0.717, 1.165) is 18.2 Å². The number of rotatable bonds is 1. The molecule has 0 aromatic carbocycles. The van der Waals surface area contributed by atoms with Crippen LogP contribution in [0.4, 0.5) is 0 Å². The number of carboxylic acid groups (broad SMARTS) is 1. The van der Waals surface area contributed by atoms with Gasteiger partial charge in [0.05, 0.1) is 0 Å². The number of carbonyl (C=O) groups excluding carboxylic acids is 1. The third-order valence-corrected chi connectivity index (χ3v) is 2.95. The molecule has 0 saturated carbocycles. The fourth-order valence-corrected chi connectivity index (χ4v) is 2.22. The van der Waals surface area contributed by atoms with Gasteiger partial charge in [0.15, 0.2) is 0 Å². The first kappa shape index (κ1) is 7.67. The van der Waals surface area contributed by atoms with Crippen molar-refractivity contribution >= 4 is 22.8 Å². The molecule has 2 aliphatic rings. The number of carboxylic acids is 1. The molecule has 0 spiro atoms. The molecule has 0 aromatic rings. The van der Waals surface area contributed by atoms with Crippen molar-refractivity contribution in [3.05, 3.63) is 11.1 Å². The highest BCUT2D eigenvalue weighted by Crippen LogP contribution is 2.33. The Bertz CT molecular complexity index is 286. The second-order valence-corrected chi connectivity index (χ2v) is 3.62. The molecular weight excluding hydrogens is 178 g/mol. The van der Waals surface area contributed by atoms with Crippen molar-refractivity contribution in [1.29, 1.82) is 0 Å². The maximum atomic E-state index is 11.1. The zero-order chi connectivity index (χ0) is 8.72. The SMILES string of the molecule is O=C(O)C1=CSC(=O)C2CCN12. The van der Waals surface area contributed by atoms with Gasteiger partial charge < -0.3 is 10.0 Å². The number of carbonyl (C=O) groups is 2. The molecule has 2 rings (SSSR count). The standard InChI is InChI=1S/C7H7NO3S/c9-6(10)5-3-12-7(11)4-1-2-8(4)5/h3-4H,1-2H2,(H,9,10). The van der Waals surface area contributed by atoms with Crippen molar-refractivity contribution in [2.24, 2.45) is 0 Å². The molecular formula is C7H7NO3S. The van der Waals surface area contributed by atoms with E-state index in [9.17, 15) is 9.59 Å². The van der Waals surface area contributed by atoms with Gasteiger partial charge in [-0.15, -0.1) is 0 Å². The molecule has 0 amide bonds.